The van der Waals surface area contributed by atoms with Crippen molar-refractivity contribution in [3.8, 4) is 11.5 Å². The SMILES string of the molecule is CN1CCC(O)(CNC(=O)c2cnn(-c3ccccc3F)c2-n2cccc2)C1. The number of amides is 1. The van der Waals surface area contributed by atoms with Crippen molar-refractivity contribution in [2.75, 3.05) is 26.7 Å². The highest BCUT2D eigenvalue weighted by molar-refractivity contribution is 5.97. The van der Waals surface area contributed by atoms with Gasteiger partial charge in [0.1, 0.15) is 17.1 Å². The van der Waals surface area contributed by atoms with Crippen molar-refractivity contribution >= 4 is 5.91 Å². The normalized spacial score (nSPS) is 19.8. The molecule has 8 heteroatoms. The van der Waals surface area contributed by atoms with Crippen LogP contribution in [-0.2, 0) is 0 Å². The average molecular weight is 383 g/mol. The second kappa shape index (κ2) is 7.21. The highest BCUT2D eigenvalue weighted by atomic mass is 19.1. The monoisotopic (exact) mass is 383 g/mol. The maximum absolute atomic E-state index is 14.3. The summed E-state index contributed by atoms with van der Waals surface area (Å²) in [4.78, 5) is 14.9. The van der Waals surface area contributed by atoms with Crippen LogP contribution in [0.3, 0.4) is 0 Å². The number of para-hydroxylation sites is 1. The van der Waals surface area contributed by atoms with Gasteiger partial charge in [0.2, 0.25) is 0 Å². The third kappa shape index (κ3) is 3.44. The second-order valence-corrected chi connectivity index (χ2v) is 7.23. The number of likely N-dealkylation sites (N-methyl/N-ethyl adjacent to an activating group) is 1. The van der Waals surface area contributed by atoms with Gasteiger partial charge in [0.05, 0.1) is 11.8 Å². The quantitative estimate of drug-likeness (QED) is 0.702. The molecule has 4 rings (SSSR count). The maximum atomic E-state index is 14.3. The van der Waals surface area contributed by atoms with Crippen LogP contribution in [0, 0.1) is 5.82 Å². The fourth-order valence-electron chi connectivity index (χ4n) is 3.57. The number of nitrogens with one attached hydrogen (secondary N) is 1. The van der Waals surface area contributed by atoms with Crippen molar-refractivity contribution in [3.05, 3.63) is 66.4 Å². The zero-order valence-corrected chi connectivity index (χ0v) is 15.5. The molecule has 146 valence electrons. The summed E-state index contributed by atoms with van der Waals surface area (Å²) in [7, 11) is 1.93. The number of hydrogen-bond donors (Lipinski definition) is 2. The van der Waals surface area contributed by atoms with Crippen LogP contribution in [0.5, 0.6) is 0 Å². The van der Waals surface area contributed by atoms with Gasteiger partial charge in [-0.05, 0) is 37.7 Å². The largest absolute Gasteiger partial charge is 0.387 e. The molecule has 1 aliphatic rings. The first-order valence-corrected chi connectivity index (χ1v) is 9.12. The van der Waals surface area contributed by atoms with Gasteiger partial charge in [-0.2, -0.15) is 5.10 Å². The third-order valence-electron chi connectivity index (χ3n) is 5.02. The molecule has 1 atom stereocenters. The average Bonchev–Trinajstić information content (AvgIpc) is 3.40. The van der Waals surface area contributed by atoms with Crippen molar-refractivity contribution in [2.45, 2.75) is 12.0 Å². The van der Waals surface area contributed by atoms with Gasteiger partial charge in [0.25, 0.3) is 5.91 Å². The van der Waals surface area contributed by atoms with Gasteiger partial charge in [-0.3, -0.25) is 4.79 Å². The zero-order valence-electron chi connectivity index (χ0n) is 15.5. The van der Waals surface area contributed by atoms with Crippen molar-refractivity contribution in [1.82, 2.24) is 24.6 Å². The minimum Gasteiger partial charge on any atom is -0.387 e. The summed E-state index contributed by atoms with van der Waals surface area (Å²) in [5.74, 6) is -0.369. The van der Waals surface area contributed by atoms with Gasteiger partial charge in [-0.25, -0.2) is 9.07 Å². The van der Waals surface area contributed by atoms with Gasteiger partial charge in [-0.15, -0.1) is 0 Å². The number of rotatable bonds is 5. The van der Waals surface area contributed by atoms with E-state index < -0.39 is 11.4 Å². The van der Waals surface area contributed by atoms with E-state index >= 15 is 0 Å². The van der Waals surface area contributed by atoms with E-state index in [4.69, 9.17) is 0 Å². The Labute approximate surface area is 162 Å². The lowest BCUT2D eigenvalue weighted by atomic mass is 10.0. The molecule has 1 unspecified atom stereocenters. The standard InChI is InChI=1S/C20H22FN5O2/c1-24-11-8-20(28,14-24)13-22-18(27)15-12-23-26(17-7-3-2-6-16(17)21)19(15)25-9-4-5-10-25/h2-7,9-10,12,28H,8,11,13-14H2,1H3,(H,22,27). The van der Waals surface area contributed by atoms with Crippen LogP contribution in [0.15, 0.2) is 55.0 Å². The first-order valence-electron chi connectivity index (χ1n) is 9.12. The lowest BCUT2D eigenvalue weighted by molar-refractivity contribution is 0.0485. The van der Waals surface area contributed by atoms with E-state index in [0.29, 0.717) is 24.3 Å². The molecule has 28 heavy (non-hydrogen) atoms. The molecule has 1 aliphatic heterocycles. The molecule has 3 aromatic rings. The van der Waals surface area contributed by atoms with Crippen LogP contribution in [0.4, 0.5) is 4.39 Å². The zero-order chi connectivity index (χ0) is 19.7. The van der Waals surface area contributed by atoms with Crippen LogP contribution in [0.25, 0.3) is 11.5 Å². The molecule has 0 spiro atoms. The Morgan fingerprint density at radius 1 is 1.29 bits per heavy atom. The molecular formula is C20H22FN5O2. The smallest absolute Gasteiger partial charge is 0.256 e. The van der Waals surface area contributed by atoms with Crippen LogP contribution >= 0.6 is 0 Å². The summed E-state index contributed by atoms with van der Waals surface area (Å²) >= 11 is 0. The minimum absolute atomic E-state index is 0.145. The van der Waals surface area contributed by atoms with Crippen LogP contribution in [-0.4, -0.2) is 62.5 Å². The van der Waals surface area contributed by atoms with E-state index in [1.165, 1.54) is 16.9 Å². The predicted molar refractivity (Wildman–Crippen MR) is 102 cm³/mol. The first-order chi connectivity index (χ1) is 13.5. The number of hydrogen-bond acceptors (Lipinski definition) is 4. The van der Waals surface area contributed by atoms with Gasteiger partial charge in [-0.1, -0.05) is 12.1 Å². The molecule has 0 aliphatic carbocycles. The van der Waals surface area contributed by atoms with Gasteiger partial charge < -0.3 is 19.9 Å². The highest BCUT2D eigenvalue weighted by Gasteiger charge is 2.35. The molecular weight excluding hydrogens is 361 g/mol. The fourth-order valence-corrected chi connectivity index (χ4v) is 3.57. The van der Waals surface area contributed by atoms with Crippen molar-refractivity contribution in [2.24, 2.45) is 0 Å². The Hall–Kier alpha value is -2.97. The van der Waals surface area contributed by atoms with E-state index in [0.717, 1.165) is 6.54 Å². The van der Waals surface area contributed by atoms with E-state index in [1.54, 1.807) is 35.2 Å². The molecule has 1 saturated heterocycles. The summed E-state index contributed by atoms with van der Waals surface area (Å²) in [6, 6.07) is 9.90. The number of β-amino-alcohol motifs (C(OH)–C–C–N with tert-alkyl or cyclic N) is 1. The highest BCUT2D eigenvalue weighted by Crippen LogP contribution is 2.23. The van der Waals surface area contributed by atoms with E-state index in [1.807, 2.05) is 24.1 Å². The molecule has 1 amide bonds. The minimum atomic E-state index is -0.945. The third-order valence-corrected chi connectivity index (χ3v) is 5.02. The summed E-state index contributed by atoms with van der Waals surface area (Å²) in [5.41, 5.74) is -0.393. The van der Waals surface area contributed by atoms with Crippen LogP contribution in [0.2, 0.25) is 0 Å². The maximum Gasteiger partial charge on any atom is 0.256 e. The number of carbonyl (C=O) groups is 1. The Balaban J connectivity index is 1.66. The van der Waals surface area contributed by atoms with Crippen LogP contribution in [0.1, 0.15) is 16.8 Å². The second-order valence-electron chi connectivity index (χ2n) is 7.23. The lowest BCUT2D eigenvalue weighted by Crippen LogP contribution is -2.44. The predicted octanol–water partition coefficient (Wildman–Crippen LogP) is 1.60. The summed E-state index contributed by atoms with van der Waals surface area (Å²) in [6.07, 6.45) is 5.56. The van der Waals surface area contributed by atoms with Gasteiger partial charge in [0, 0.05) is 32.0 Å². The number of likely N-dealkylation sites (tertiary alicyclic amines) is 1. The van der Waals surface area contributed by atoms with E-state index in [-0.39, 0.29) is 18.1 Å². The molecule has 1 fully saturated rings. The van der Waals surface area contributed by atoms with E-state index in [9.17, 15) is 14.3 Å². The van der Waals surface area contributed by atoms with Crippen molar-refractivity contribution in [3.63, 3.8) is 0 Å². The molecule has 0 radical (unpaired) electrons. The number of halogens is 1. The Bertz CT molecular complexity index is 984. The molecule has 0 saturated carbocycles. The number of benzene rings is 1. The molecule has 0 bridgehead atoms. The molecule has 2 aromatic heterocycles. The summed E-state index contributed by atoms with van der Waals surface area (Å²) < 4.78 is 17.5. The molecule has 7 nitrogen and oxygen atoms in total. The molecule has 1 aromatic carbocycles. The first kappa shape index (κ1) is 18.4. The summed E-state index contributed by atoms with van der Waals surface area (Å²) in [5, 5.41) is 17.7. The Kier molecular flexibility index (Phi) is 4.74. The number of aliphatic hydroxyl groups is 1. The fraction of sp³-hybridized carbons (Fsp3) is 0.300. The van der Waals surface area contributed by atoms with Crippen molar-refractivity contribution in [1.29, 1.82) is 0 Å². The molecule has 2 N–H and O–H groups in total. The number of carbonyl (C=O) groups excluding carboxylic acids is 1. The van der Waals surface area contributed by atoms with Crippen LogP contribution < -0.4 is 5.32 Å². The van der Waals surface area contributed by atoms with Gasteiger partial charge >= 0.3 is 0 Å². The van der Waals surface area contributed by atoms with Crippen molar-refractivity contribution < 1.29 is 14.3 Å². The molecule has 3 heterocycles. The van der Waals surface area contributed by atoms with Gasteiger partial charge in [0.15, 0.2) is 5.82 Å². The lowest BCUT2D eigenvalue weighted by Gasteiger charge is -2.22. The number of nitrogens with zero attached hydrogens (tertiary/aromatic N) is 4. The topological polar surface area (TPSA) is 75.3 Å². The Morgan fingerprint density at radius 2 is 2.04 bits per heavy atom. The van der Waals surface area contributed by atoms with E-state index in [2.05, 4.69) is 10.4 Å². The number of aromatic nitrogens is 3. The summed E-state index contributed by atoms with van der Waals surface area (Å²) in [6.45, 7) is 1.44. The Morgan fingerprint density at radius 3 is 2.71 bits per heavy atom.